The molecule has 1 aromatic carbocycles. The topological polar surface area (TPSA) is 62.3 Å². The van der Waals surface area contributed by atoms with E-state index in [1.54, 1.807) is 16.4 Å². The van der Waals surface area contributed by atoms with Crippen molar-refractivity contribution in [3.8, 4) is 0 Å². The van der Waals surface area contributed by atoms with Gasteiger partial charge in [0.15, 0.2) is 0 Å². The van der Waals surface area contributed by atoms with Crippen LogP contribution in [0.25, 0.3) is 0 Å². The van der Waals surface area contributed by atoms with Crippen molar-refractivity contribution in [2.75, 3.05) is 11.9 Å². The summed E-state index contributed by atoms with van der Waals surface area (Å²) in [7, 11) is -3.51. The molecule has 1 saturated heterocycles. The van der Waals surface area contributed by atoms with Crippen LogP contribution in [0.4, 0.5) is 5.82 Å². The number of rotatable bonds is 5. The first kappa shape index (κ1) is 17.5. The number of aromatic nitrogens is 1. The van der Waals surface area contributed by atoms with E-state index >= 15 is 0 Å². The van der Waals surface area contributed by atoms with Crippen LogP contribution in [0.3, 0.4) is 0 Å². The molecule has 1 atom stereocenters. The Morgan fingerprint density at radius 3 is 2.46 bits per heavy atom. The molecule has 5 nitrogen and oxygen atoms in total. The molecule has 0 bridgehead atoms. The third kappa shape index (κ3) is 3.62. The highest BCUT2D eigenvalue weighted by atomic mass is 32.2. The number of benzene rings is 1. The molecule has 0 spiro atoms. The number of anilines is 1. The molecular weight excluding hydrogens is 346 g/mol. The summed E-state index contributed by atoms with van der Waals surface area (Å²) in [5, 5.41) is 3.38. The van der Waals surface area contributed by atoms with Crippen LogP contribution in [0, 0.1) is 6.92 Å². The minimum Gasteiger partial charge on any atom is -0.367 e. The van der Waals surface area contributed by atoms with Crippen molar-refractivity contribution in [1.29, 1.82) is 0 Å². The van der Waals surface area contributed by atoms with Gasteiger partial charge in [-0.15, -0.1) is 0 Å². The Labute approximate surface area is 155 Å². The van der Waals surface area contributed by atoms with E-state index in [0.29, 0.717) is 17.5 Å². The molecule has 2 fully saturated rings. The summed E-state index contributed by atoms with van der Waals surface area (Å²) in [5.41, 5.74) is 2.03. The Morgan fingerprint density at radius 2 is 1.81 bits per heavy atom. The van der Waals surface area contributed by atoms with E-state index in [0.717, 1.165) is 36.2 Å². The standard InChI is InChI=1S/C20H25N3O2S/c1-15-5-10-18(11-6-15)26(24,25)23-13-3-2-4-19(23)16-7-12-20(21-14-16)22-17-8-9-17/h5-7,10-12,14,17,19H,2-4,8-9,13H2,1H3,(H,21,22). The van der Waals surface area contributed by atoms with E-state index in [-0.39, 0.29) is 6.04 Å². The summed E-state index contributed by atoms with van der Waals surface area (Å²) in [6.07, 6.45) is 7.01. The fraction of sp³-hybridized carbons (Fsp3) is 0.450. The number of aryl methyl sites for hydroxylation is 1. The Bertz CT molecular complexity index is 859. The van der Waals surface area contributed by atoms with Crippen molar-refractivity contribution in [1.82, 2.24) is 9.29 Å². The third-order valence-corrected chi connectivity index (χ3v) is 7.10. The Kier molecular flexibility index (Phi) is 4.71. The van der Waals surface area contributed by atoms with Crippen molar-refractivity contribution >= 4 is 15.8 Å². The summed E-state index contributed by atoms with van der Waals surface area (Å²) < 4.78 is 28.1. The van der Waals surface area contributed by atoms with Gasteiger partial charge in [-0.1, -0.05) is 30.2 Å². The van der Waals surface area contributed by atoms with Crippen molar-refractivity contribution < 1.29 is 8.42 Å². The Hall–Kier alpha value is -1.92. The smallest absolute Gasteiger partial charge is 0.243 e. The molecule has 2 aromatic rings. The van der Waals surface area contributed by atoms with Gasteiger partial charge in [0.05, 0.1) is 10.9 Å². The highest BCUT2D eigenvalue weighted by Gasteiger charge is 2.34. The Balaban J connectivity index is 1.60. The van der Waals surface area contributed by atoms with Gasteiger partial charge < -0.3 is 5.32 Å². The average molecular weight is 372 g/mol. The molecule has 1 unspecified atom stereocenters. The van der Waals surface area contributed by atoms with Crippen LogP contribution in [0.15, 0.2) is 47.5 Å². The maximum atomic E-state index is 13.2. The van der Waals surface area contributed by atoms with E-state index in [9.17, 15) is 8.42 Å². The first-order valence-corrected chi connectivity index (χ1v) is 10.8. The zero-order valence-electron chi connectivity index (χ0n) is 15.1. The normalized spacial score (nSPS) is 21.5. The van der Waals surface area contributed by atoms with E-state index in [1.165, 1.54) is 12.8 Å². The van der Waals surface area contributed by atoms with Gasteiger partial charge in [-0.25, -0.2) is 13.4 Å². The summed E-state index contributed by atoms with van der Waals surface area (Å²) in [5.74, 6) is 0.875. The molecule has 1 aromatic heterocycles. The molecule has 26 heavy (non-hydrogen) atoms. The molecule has 2 aliphatic rings. The molecule has 4 rings (SSSR count). The Morgan fingerprint density at radius 1 is 1.04 bits per heavy atom. The maximum Gasteiger partial charge on any atom is 0.243 e. The van der Waals surface area contributed by atoms with Gasteiger partial charge in [0, 0.05) is 18.8 Å². The van der Waals surface area contributed by atoms with E-state index < -0.39 is 10.0 Å². The van der Waals surface area contributed by atoms with E-state index in [4.69, 9.17) is 0 Å². The zero-order valence-corrected chi connectivity index (χ0v) is 15.9. The molecule has 1 N–H and O–H groups in total. The maximum absolute atomic E-state index is 13.2. The number of nitrogens with zero attached hydrogens (tertiary/aromatic N) is 2. The second-order valence-corrected chi connectivity index (χ2v) is 9.23. The quantitative estimate of drug-likeness (QED) is 0.866. The van der Waals surface area contributed by atoms with Crippen LogP contribution in [-0.2, 0) is 10.0 Å². The molecule has 2 heterocycles. The molecular formula is C20H25N3O2S. The second-order valence-electron chi connectivity index (χ2n) is 7.34. The van der Waals surface area contributed by atoms with Crippen molar-refractivity contribution in [2.45, 2.75) is 56.0 Å². The number of nitrogens with one attached hydrogen (secondary N) is 1. The van der Waals surface area contributed by atoms with Crippen LogP contribution in [-0.4, -0.2) is 30.3 Å². The van der Waals surface area contributed by atoms with Gasteiger partial charge in [-0.05, 0) is 56.4 Å². The molecule has 1 aliphatic heterocycles. The van der Waals surface area contributed by atoms with Crippen LogP contribution in [0.5, 0.6) is 0 Å². The van der Waals surface area contributed by atoms with Gasteiger partial charge in [0.1, 0.15) is 5.82 Å². The number of hydrogen-bond donors (Lipinski definition) is 1. The van der Waals surface area contributed by atoms with E-state index in [1.807, 2.05) is 37.4 Å². The molecule has 138 valence electrons. The van der Waals surface area contributed by atoms with Crippen LogP contribution in [0.1, 0.15) is 49.3 Å². The highest BCUT2D eigenvalue weighted by Crippen LogP contribution is 2.35. The lowest BCUT2D eigenvalue weighted by molar-refractivity contribution is 0.255. The number of pyridine rings is 1. The monoisotopic (exact) mass is 371 g/mol. The van der Waals surface area contributed by atoms with Gasteiger partial charge in [0.25, 0.3) is 0 Å². The largest absolute Gasteiger partial charge is 0.367 e. The predicted octanol–water partition coefficient (Wildman–Crippen LogP) is 3.88. The lowest BCUT2D eigenvalue weighted by Gasteiger charge is -2.35. The number of piperidine rings is 1. The zero-order chi connectivity index (χ0) is 18.1. The minimum absolute atomic E-state index is 0.141. The molecule has 1 saturated carbocycles. The first-order valence-electron chi connectivity index (χ1n) is 9.35. The van der Waals surface area contributed by atoms with Crippen molar-refractivity contribution in [3.05, 3.63) is 53.7 Å². The lowest BCUT2D eigenvalue weighted by Crippen LogP contribution is -2.38. The summed E-state index contributed by atoms with van der Waals surface area (Å²) in [4.78, 5) is 4.87. The molecule has 0 amide bonds. The fourth-order valence-electron chi connectivity index (χ4n) is 3.50. The summed E-state index contributed by atoms with van der Waals surface area (Å²) in [6, 6.07) is 11.5. The van der Waals surface area contributed by atoms with Crippen molar-refractivity contribution in [2.24, 2.45) is 0 Å². The summed E-state index contributed by atoms with van der Waals surface area (Å²) in [6.45, 7) is 2.52. The minimum atomic E-state index is -3.51. The number of hydrogen-bond acceptors (Lipinski definition) is 4. The highest BCUT2D eigenvalue weighted by molar-refractivity contribution is 7.89. The van der Waals surface area contributed by atoms with Gasteiger partial charge in [-0.3, -0.25) is 0 Å². The predicted molar refractivity (Wildman–Crippen MR) is 103 cm³/mol. The molecule has 6 heteroatoms. The van der Waals surface area contributed by atoms with Crippen LogP contribution >= 0.6 is 0 Å². The number of sulfonamides is 1. The lowest BCUT2D eigenvalue weighted by atomic mass is 9.99. The SMILES string of the molecule is Cc1ccc(S(=O)(=O)N2CCCCC2c2ccc(NC3CC3)nc2)cc1. The van der Waals surface area contributed by atoms with Crippen LogP contribution < -0.4 is 5.32 Å². The van der Waals surface area contributed by atoms with E-state index in [2.05, 4.69) is 10.3 Å². The van der Waals surface area contributed by atoms with Gasteiger partial charge in [0.2, 0.25) is 10.0 Å². The second kappa shape index (κ2) is 7.00. The third-order valence-electron chi connectivity index (χ3n) is 5.18. The first-order chi connectivity index (χ1) is 12.5. The fourth-order valence-corrected chi connectivity index (χ4v) is 5.18. The van der Waals surface area contributed by atoms with Gasteiger partial charge >= 0.3 is 0 Å². The van der Waals surface area contributed by atoms with Crippen molar-refractivity contribution in [3.63, 3.8) is 0 Å². The van der Waals surface area contributed by atoms with Gasteiger partial charge in [-0.2, -0.15) is 4.31 Å². The van der Waals surface area contributed by atoms with Crippen LogP contribution in [0.2, 0.25) is 0 Å². The molecule has 0 radical (unpaired) electrons. The average Bonchev–Trinajstić information content (AvgIpc) is 3.47. The summed E-state index contributed by atoms with van der Waals surface area (Å²) >= 11 is 0. The molecule has 1 aliphatic carbocycles.